The van der Waals surface area contributed by atoms with Crippen LogP contribution in [0.4, 0.5) is 0 Å². The summed E-state index contributed by atoms with van der Waals surface area (Å²) in [7, 11) is 0. The molecule has 1 aromatic carbocycles. The van der Waals surface area contributed by atoms with Crippen LogP contribution in [0.5, 0.6) is 0 Å². The molecule has 0 aliphatic rings. The standard InChI is InChI=1S/C14H18ClNO/c1-4-11(3)16-14(17)9-10(2)12-5-7-13(15)8-6-12/h5-9,11H,4H2,1-3H3,(H,16,17)/b10-9+. The molecule has 0 saturated carbocycles. The number of rotatable bonds is 4. The molecule has 0 spiro atoms. The van der Waals surface area contributed by atoms with E-state index in [4.69, 9.17) is 11.6 Å². The first-order valence-electron chi connectivity index (χ1n) is 5.77. The van der Waals surface area contributed by atoms with Gasteiger partial charge >= 0.3 is 0 Å². The molecule has 0 saturated heterocycles. The second-order valence-corrected chi connectivity index (χ2v) is 4.59. The van der Waals surface area contributed by atoms with Gasteiger partial charge in [0.25, 0.3) is 0 Å². The molecule has 1 rings (SSSR count). The highest BCUT2D eigenvalue weighted by Crippen LogP contribution is 2.16. The number of carbonyl (C=O) groups excluding carboxylic acids is 1. The molecule has 92 valence electrons. The third-order valence-corrected chi connectivity index (χ3v) is 2.90. The van der Waals surface area contributed by atoms with Gasteiger partial charge in [-0.25, -0.2) is 0 Å². The van der Waals surface area contributed by atoms with E-state index in [1.165, 1.54) is 0 Å². The lowest BCUT2D eigenvalue weighted by Crippen LogP contribution is -2.30. The van der Waals surface area contributed by atoms with Gasteiger partial charge in [0, 0.05) is 17.1 Å². The molecule has 1 unspecified atom stereocenters. The van der Waals surface area contributed by atoms with Gasteiger partial charge in [-0.3, -0.25) is 4.79 Å². The fourth-order valence-corrected chi connectivity index (χ4v) is 1.51. The Labute approximate surface area is 108 Å². The average Bonchev–Trinajstić information content (AvgIpc) is 2.29. The molecule has 2 nitrogen and oxygen atoms in total. The molecule has 1 aromatic rings. The summed E-state index contributed by atoms with van der Waals surface area (Å²) in [4.78, 5) is 11.6. The van der Waals surface area contributed by atoms with Gasteiger partial charge in [-0.15, -0.1) is 0 Å². The van der Waals surface area contributed by atoms with Crippen molar-refractivity contribution in [2.45, 2.75) is 33.2 Å². The molecule has 0 aliphatic heterocycles. The Hall–Kier alpha value is -1.28. The number of halogens is 1. The topological polar surface area (TPSA) is 29.1 Å². The maximum Gasteiger partial charge on any atom is 0.244 e. The molecule has 0 aromatic heterocycles. The van der Waals surface area contributed by atoms with E-state index in [1.807, 2.05) is 45.0 Å². The van der Waals surface area contributed by atoms with Crippen molar-refractivity contribution in [1.82, 2.24) is 5.32 Å². The molecule has 17 heavy (non-hydrogen) atoms. The van der Waals surface area contributed by atoms with Crippen LogP contribution >= 0.6 is 11.6 Å². The second kappa shape index (κ2) is 6.45. The van der Waals surface area contributed by atoms with Crippen molar-refractivity contribution >= 4 is 23.1 Å². The van der Waals surface area contributed by atoms with E-state index in [1.54, 1.807) is 6.08 Å². The number of hydrogen-bond acceptors (Lipinski definition) is 1. The molecule has 1 N–H and O–H groups in total. The largest absolute Gasteiger partial charge is 0.350 e. The van der Waals surface area contributed by atoms with Crippen molar-refractivity contribution in [2.24, 2.45) is 0 Å². The Morgan fingerprint density at radius 2 is 2.00 bits per heavy atom. The van der Waals surface area contributed by atoms with Gasteiger partial charge in [-0.1, -0.05) is 30.7 Å². The Balaban J connectivity index is 2.72. The van der Waals surface area contributed by atoms with Gasteiger partial charge in [-0.2, -0.15) is 0 Å². The quantitative estimate of drug-likeness (QED) is 0.813. The van der Waals surface area contributed by atoms with Gasteiger partial charge < -0.3 is 5.32 Å². The van der Waals surface area contributed by atoms with Crippen LogP contribution in [-0.2, 0) is 4.79 Å². The van der Waals surface area contributed by atoms with E-state index < -0.39 is 0 Å². The predicted octanol–water partition coefficient (Wildman–Crippen LogP) is 3.66. The van der Waals surface area contributed by atoms with Crippen molar-refractivity contribution in [3.05, 3.63) is 40.9 Å². The van der Waals surface area contributed by atoms with E-state index in [-0.39, 0.29) is 11.9 Å². The molecule has 0 aliphatic carbocycles. The van der Waals surface area contributed by atoms with Crippen LogP contribution < -0.4 is 5.32 Å². The first-order valence-corrected chi connectivity index (χ1v) is 6.15. The number of allylic oxidation sites excluding steroid dienone is 1. The first kappa shape index (κ1) is 13.8. The highest BCUT2D eigenvalue weighted by atomic mass is 35.5. The van der Waals surface area contributed by atoms with Gasteiger partial charge in [0.05, 0.1) is 0 Å². The fraction of sp³-hybridized carbons (Fsp3) is 0.357. The van der Waals surface area contributed by atoms with E-state index >= 15 is 0 Å². The van der Waals surface area contributed by atoms with Crippen LogP contribution in [0, 0.1) is 0 Å². The number of amides is 1. The monoisotopic (exact) mass is 251 g/mol. The molecule has 1 amide bonds. The summed E-state index contributed by atoms with van der Waals surface area (Å²) in [5, 5.41) is 3.60. The Morgan fingerprint density at radius 1 is 1.41 bits per heavy atom. The van der Waals surface area contributed by atoms with Gasteiger partial charge in [0.15, 0.2) is 0 Å². The summed E-state index contributed by atoms with van der Waals surface area (Å²) in [6.07, 6.45) is 2.55. The van der Waals surface area contributed by atoms with E-state index in [0.29, 0.717) is 5.02 Å². The van der Waals surface area contributed by atoms with Gasteiger partial charge in [0.1, 0.15) is 0 Å². The zero-order valence-electron chi connectivity index (χ0n) is 10.5. The number of carbonyl (C=O) groups is 1. The van der Waals surface area contributed by atoms with Gasteiger partial charge in [0.2, 0.25) is 5.91 Å². The third-order valence-electron chi connectivity index (χ3n) is 2.65. The summed E-state index contributed by atoms with van der Waals surface area (Å²) < 4.78 is 0. The lowest BCUT2D eigenvalue weighted by molar-refractivity contribution is -0.117. The van der Waals surface area contributed by atoms with Gasteiger partial charge in [-0.05, 0) is 43.5 Å². The number of nitrogens with one attached hydrogen (secondary N) is 1. The zero-order valence-corrected chi connectivity index (χ0v) is 11.2. The number of hydrogen-bond donors (Lipinski definition) is 1. The maximum atomic E-state index is 11.6. The smallest absolute Gasteiger partial charge is 0.244 e. The molecule has 0 heterocycles. The van der Waals surface area contributed by atoms with E-state index in [9.17, 15) is 4.79 Å². The van der Waals surface area contributed by atoms with Crippen LogP contribution in [0.1, 0.15) is 32.8 Å². The Morgan fingerprint density at radius 3 is 2.53 bits per heavy atom. The summed E-state index contributed by atoms with van der Waals surface area (Å²) in [5.41, 5.74) is 1.94. The van der Waals surface area contributed by atoms with Crippen LogP contribution in [-0.4, -0.2) is 11.9 Å². The fourth-order valence-electron chi connectivity index (χ4n) is 1.38. The van der Waals surface area contributed by atoms with Crippen LogP contribution in [0.25, 0.3) is 5.57 Å². The minimum absolute atomic E-state index is 0.0493. The molecule has 0 radical (unpaired) electrons. The lowest BCUT2D eigenvalue weighted by Gasteiger charge is -2.09. The van der Waals surface area contributed by atoms with Crippen molar-refractivity contribution in [1.29, 1.82) is 0 Å². The predicted molar refractivity (Wildman–Crippen MR) is 73.0 cm³/mol. The summed E-state index contributed by atoms with van der Waals surface area (Å²) >= 11 is 5.81. The van der Waals surface area contributed by atoms with Crippen molar-refractivity contribution in [3.63, 3.8) is 0 Å². The SMILES string of the molecule is CCC(C)NC(=O)/C=C(\C)c1ccc(Cl)cc1. The highest BCUT2D eigenvalue weighted by molar-refractivity contribution is 6.30. The summed E-state index contributed by atoms with van der Waals surface area (Å²) in [6, 6.07) is 7.66. The normalized spacial score (nSPS) is 13.3. The first-order chi connectivity index (χ1) is 8.02. The maximum absolute atomic E-state index is 11.6. The Bertz CT molecular complexity index is 409. The highest BCUT2D eigenvalue weighted by Gasteiger charge is 2.03. The van der Waals surface area contributed by atoms with E-state index in [2.05, 4.69) is 5.32 Å². The summed E-state index contributed by atoms with van der Waals surface area (Å²) in [5.74, 6) is -0.0493. The second-order valence-electron chi connectivity index (χ2n) is 4.15. The minimum atomic E-state index is -0.0493. The molecule has 0 fully saturated rings. The van der Waals surface area contributed by atoms with Crippen molar-refractivity contribution in [3.8, 4) is 0 Å². The number of benzene rings is 1. The molecular formula is C14H18ClNO. The Kier molecular flexibility index (Phi) is 5.23. The van der Waals surface area contributed by atoms with Crippen LogP contribution in [0.2, 0.25) is 5.02 Å². The summed E-state index contributed by atoms with van der Waals surface area (Å²) in [6.45, 7) is 5.95. The van der Waals surface area contributed by atoms with Crippen molar-refractivity contribution in [2.75, 3.05) is 0 Å². The molecular weight excluding hydrogens is 234 g/mol. The minimum Gasteiger partial charge on any atom is -0.350 e. The molecule has 3 heteroatoms. The molecule has 0 bridgehead atoms. The lowest BCUT2D eigenvalue weighted by atomic mass is 10.1. The van der Waals surface area contributed by atoms with Crippen molar-refractivity contribution < 1.29 is 4.79 Å². The van der Waals surface area contributed by atoms with Crippen LogP contribution in [0.3, 0.4) is 0 Å². The molecule has 1 atom stereocenters. The van der Waals surface area contributed by atoms with Crippen LogP contribution in [0.15, 0.2) is 30.3 Å². The third kappa shape index (κ3) is 4.61. The van der Waals surface area contributed by atoms with E-state index in [0.717, 1.165) is 17.6 Å². The zero-order chi connectivity index (χ0) is 12.8. The average molecular weight is 252 g/mol.